The third-order valence-corrected chi connectivity index (χ3v) is 5.43. The van der Waals surface area contributed by atoms with E-state index in [0.29, 0.717) is 6.42 Å². The highest BCUT2D eigenvalue weighted by Gasteiger charge is 2.60. The zero-order valence-corrected chi connectivity index (χ0v) is 17.1. The summed E-state index contributed by atoms with van der Waals surface area (Å²) in [6, 6.07) is 1.88. The molecular weight excluding hydrogens is 425 g/mol. The first-order valence-corrected chi connectivity index (χ1v) is 9.82. The van der Waals surface area contributed by atoms with Crippen molar-refractivity contribution in [2.45, 2.75) is 31.4 Å². The number of Topliss-reactive ketones (excluding diaryl/α,β-unsaturated/α-hetero) is 1. The second kappa shape index (κ2) is 8.49. The molecule has 4 rings (SSSR count). The molecule has 3 atom stereocenters. The fourth-order valence-corrected chi connectivity index (χ4v) is 3.78. The molecular formula is C22H19F3N4O3. The quantitative estimate of drug-likeness (QED) is 0.520. The van der Waals surface area contributed by atoms with Gasteiger partial charge in [-0.2, -0.15) is 0 Å². The number of halogens is 3. The molecule has 2 heterocycles. The van der Waals surface area contributed by atoms with Crippen molar-refractivity contribution in [2.24, 2.45) is 16.6 Å². The van der Waals surface area contributed by atoms with Crippen LogP contribution in [0.25, 0.3) is 0 Å². The number of amidine groups is 1. The van der Waals surface area contributed by atoms with E-state index in [9.17, 15) is 18.0 Å². The van der Waals surface area contributed by atoms with Gasteiger partial charge in [0, 0.05) is 17.9 Å². The van der Waals surface area contributed by atoms with E-state index in [1.165, 1.54) is 18.5 Å². The summed E-state index contributed by atoms with van der Waals surface area (Å²) in [5.41, 5.74) is 3.83. The van der Waals surface area contributed by atoms with Crippen LogP contribution in [0.15, 0.2) is 29.5 Å². The van der Waals surface area contributed by atoms with E-state index in [1.54, 1.807) is 6.92 Å². The number of nitrogens with zero attached hydrogens (tertiary/aromatic N) is 3. The van der Waals surface area contributed by atoms with Gasteiger partial charge in [-0.3, -0.25) is 4.79 Å². The Bertz CT molecular complexity index is 1140. The van der Waals surface area contributed by atoms with Crippen LogP contribution in [0.4, 0.5) is 13.2 Å². The first-order chi connectivity index (χ1) is 15.4. The second-order valence-electron chi connectivity index (χ2n) is 7.50. The van der Waals surface area contributed by atoms with Crippen LogP contribution in [0.2, 0.25) is 0 Å². The highest BCUT2D eigenvalue weighted by molar-refractivity contribution is 5.95. The molecule has 166 valence electrons. The van der Waals surface area contributed by atoms with Gasteiger partial charge in [0.25, 0.3) is 6.02 Å². The third-order valence-electron chi connectivity index (χ3n) is 5.43. The van der Waals surface area contributed by atoms with Crippen LogP contribution in [0.5, 0.6) is 5.88 Å². The molecule has 10 heteroatoms. The molecule has 1 saturated carbocycles. The van der Waals surface area contributed by atoms with Crippen LogP contribution in [0, 0.1) is 29.4 Å². The number of ether oxygens (including phenoxy) is 2. The fraction of sp³-hybridized carbons (Fsp3) is 0.364. The lowest BCUT2D eigenvalue weighted by Crippen LogP contribution is -2.40. The molecule has 0 radical (unpaired) electrons. The number of hydrogen-bond acceptors (Lipinski definition) is 7. The Morgan fingerprint density at radius 3 is 2.84 bits per heavy atom. The van der Waals surface area contributed by atoms with Crippen molar-refractivity contribution in [1.29, 1.82) is 0 Å². The van der Waals surface area contributed by atoms with E-state index in [1.807, 2.05) is 0 Å². The third kappa shape index (κ3) is 3.98. The molecule has 2 aliphatic rings. The Labute approximate surface area is 181 Å². The minimum atomic E-state index is -1.68. The van der Waals surface area contributed by atoms with Gasteiger partial charge in [-0.15, -0.1) is 5.92 Å². The lowest BCUT2D eigenvalue weighted by Gasteiger charge is -2.31. The van der Waals surface area contributed by atoms with Crippen molar-refractivity contribution in [3.05, 3.63) is 53.0 Å². The highest BCUT2D eigenvalue weighted by Crippen LogP contribution is 2.53. The molecule has 0 amide bonds. The zero-order valence-electron chi connectivity index (χ0n) is 17.1. The summed E-state index contributed by atoms with van der Waals surface area (Å²) in [6.45, 7) is 0.718. The first-order valence-electron chi connectivity index (χ1n) is 9.82. The van der Waals surface area contributed by atoms with Crippen molar-refractivity contribution in [1.82, 2.24) is 9.97 Å². The summed E-state index contributed by atoms with van der Waals surface area (Å²) in [7, 11) is 0. The van der Waals surface area contributed by atoms with E-state index in [-0.39, 0.29) is 41.8 Å². The Morgan fingerprint density at radius 1 is 1.34 bits per heavy atom. The number of carbonyl (C=O) groups excluding carboxylic acids is 1. The molecule has 32 heavy (non-hydrogen) atoms. The molecule has 0 spiro atoms. The number of benzene rings is 1. The topological polar surface area (TPSA) is 99.7 Å². The molecule has 0 unspecified atom stereocenters. The van der Waals surface area contributed by atoms with Crippen LogP contribution < -0.4 is 10.5 Å². The van der Waals surface area contributed by atoms with Crippen molar-refractivity contribution in [2.75, 3.05) is 13.3 Å². The van der Waals surface area contributed by atoms with E-state index in [4.69, 9.17) is 15.2 Å². The van der Waals surface area contributed by atoms with E-state index >= 15 is 0 Å². The van der Waals surface area contributed by atoms with Crippen LogP contribution in [0.3, 0.4) is 0 Å². The molecule has 1 fully saturated rings. The number of fused-ring (bicyclic) bond motifs is 1. The summed E-state index contributed by atoms with van der Waals surface area (Å²) >= 11 is 0. The van der Waals surface area contributed by atoms with Gasteiger partial charge < -0.3 is 15.2 Å². The van der Waals surface area contributed by atoms with Gasteiger partial charge in [-0.1, -0.05) is 5.92 Å². The molecule has 0 bridgehead atoms. The van der Waals surface area contributed by atoms with Crippen molar-refractivity contribution < 1.29 is 27.4 Å². The van der Waals surface area contributed by atoms with Gasteiger partial charge in [0.05, 0.1) is 12.4 Å². The lowest BCUT2D eigenvalue weighted by molar-refractivity contribution is 0.0987. The Kier molecular flexibility index (Phi) is 5.74. The molecule has 1 aromatic carbocycles. The van der Waals surface area contributed by atoms with Gasteiger partial charge in [-0.05, 0) is 31.0 Å². The second-order valence-corrected chi connectivity index (χ2v) is 7.50. The van der Waals surface area contributed by atoms with E-state index in [0.717, 1.165) is 6.07 Å². The maximum absolute atomic E-state index is 14.7. The maximum atomic E-state index is 14.7. The number of hydrogen-bond donors (Lipinski definition) is 1. The van der Waals surface area contributed by atoms with Crippen molar-refractivity contribution >= 4 is 11.8 Å². The first kappa shape index (κ1) is 21.6. The standard InChI is InChI=1S/C22H19F3N4O3/c1-2-3-4-31-19-10-27-16(9-28-19)17(30)7-12-5-14(20(25)15(24)6-12)22(11-23)13-8-18(13)32-21(26)29-22/h5-6,9-10,13,18H,4,7-8,11H2,1H3,(H2,26,29)/t13-,18+,22-/m1/s1. The predicted molar refractivity (Wildman–Crippen MR) is 108 cm³/mol. The van der Waals surface area contributed by atoms with E-state index in [2.05, 4.69) is 26.8 Å². The SMILES string of the molecule is CC#CCOc1cnc(C(=O)Cc2cc(F)c(F)c([C@]3(CF)N=C(N)O[C@H]4C[C@H]43)c2)cn1. The minimum absolute atomic E-state index is 0.0148. The number of rotatable bonds is 7. The van der Waals surface area contributed by atoms with Gasteiger partial charge >= 0.3 is 0 Å². The van der Waals surface area contributed by atoms with Crippen LogP contribution >= 0.6 is 0 Å². The summed E-state index contributed by atoms with van der Waals surface area (Å²) in [4.78, 5) is 24.6. The fourth-order valence-electron chi connectivity index (χ4n) is 3.78. The van der Waals surface area contributed by atoms with Crippen LogP contribution in [-0.4, -0.2) is 41.2 Å². The number of aliphatic imine (C=N–C) groups is 1. The summed E-state index contributed by atoms with van der Waals surface area (Å²) in [5, 5.41) is 0. The van der Waals surface area contributed by atoms with Crippen molar-refractivity contribution in [3.63, 3.8) is 0 Å². The average molecular weight is 444 g/mol. The van der Waals surface area contributed by atoms with Crippen molar-refractivity contribution in [3.8, 4) is 17.7 Å². The molecule has 2 aromatic rings. The number of alkyl halides is 1. The highest BCUT2D eigenvalue weighted by atomic mass is 19.2. The molecule has 2 N–H and O–H groups in total. The molecule has 0 saturated heterocycles. The minimum Gasteiger partial charge on any atom is -0.463 e. The summed E-state index contributed by atoms with van der Waals surface area (Å²) < 4.78 is 53.8. The van der Waals surface area contributed by atoms with Crippen LogP contribution in [0.1, 0.15) is 35.0 Å². The Hall–Kier alpha value is -3.61. The molecule has 1 aliphatic heterocycles. The number of nitrogens with two attached hydrogens (primary N) is 1. The lowest BCUT2D eigenvalue weighted by atomic mass is 9.84. The number of aromatic nitrogens is 2. The normalized spacial score (nSPS) is 23.2. The van der Waals surface area contributed by atoms with E-state index < -0.39 is 41.7 Å². The predicted octanol–water partition coefficient (Wildman–Crippen LogP) is 2.48. The summed E-state index contributed by atoms with van der Waals surface area (Å²) in [6.07, 6.45) is 2.22. The summed E-state index contributed by atoms with van der Waals surface area (Å²) in [5.74, 6) is 2.19. The maximum Gasteiger partial charge on any atom is 0.283 e. The van der Waals surface area contributed by atoms with Crippen LogP contribution in [-0.2, 0) is 16.7 Å². The number of carbonyl (C=O) groups is 1. The van der Waals surface area contributed by atoms with Gasteiger partial charge in [0.1, 0.15) is 24.0 Å². The Balaban J connectivity index is 1.59. The Morgan fingerprint density at radius 2 is 2.16 bits per heavy atom. The monoisotopic (exact) mass is 444 g/mol. The molecule has 1 aromatic heterocycles. The number of ketones is 1. The smallest absolute Gasteiger partial charge is 0.283 e. The van der Waals surface area contributed by atoms with Gasteiger partial charge in [0.2, 0.25) is 5.88 Å². The van der Waals surface area contributed by atoms with Gasteiger partial charge in [0.15, 0.2) is 24.0 Å². The van der Waals surface area contributed by atoms with Gasteiger partial charge in [-0.25, -0.2) is 28.1 Å². The average Bonchev–Trinajstić information content (AvgIpc) is 3.56. The molecule has 1 aliphatic carbocycles. The zero-order chi connectivity index (χ0) is 22.9. The molecule has 7 nitrogen and oxygen atoms in total. The largest absolute Gasteiger partial charge is 0.463 e.